The van der Waals surface area contributed by atoms with Gasteiger partial charge in [-0.25, -0.2) is 4.98 Å². The van der Waals surface area contributed by atoms with E-state index in [-0.39, 0.29) is 11.3 Å². The first-order valence-electron chi connectivity index (χ1n) is 9.62. The number of aliphatic hydroxyl groups excluding tert-OH is 1. The lowest BCUT2D eigenvalue weighted by Gasteiger charge is -2.12. The first-order valence-corrected chi connectivity index (χ1v) is 11.4. The van der Waals surface area contributed by atoms with Crippen LogP contribution in [0, 0.1) is 11.3 Å². The zero-order chi connectivity index (χ0) is 19.8. The molecule has 0 atom stereocenters. The largest absolute Gasteiger partial charge is 0.506 e. The fourth-order valence-corrected chi connectivity index (χ4v) is 5.85. The molecule has 0 aliphatic heterocycles. The lowest BCUT2D eigenvalue weighted by atomic mass is 9.94. The van der Waals surface area contributed by atoms with Crippen molar-refractivity contribution in [3.8, 4) is 17.3 Å². The smallest absolute Gasteiger partial charge is 0.144 e. The van der Waals surface area contributed by atoms with Gasteiger partial charge in [0.25, 0.3) is 0 Å². The Kier molecular flexibility index (Phi) is 4.67. The summed E-state index contributed by atoms with van der Waals surface area (Å²) in [6.45, 7) is 0. The summed E-state index contributed by atoms with van der Waals surface area (Å²) in [7, 11) is 0. The molecule has 4 aromatic rings. The van der Waals surface area contributed by atoms with E-state index >= 15 is 0 Å². The standard InChI is InChI=1S/C24H18N2OS2/c25-12-19(23(27)20-13-28-22-8-4-3-7-18(20)22)24-26-21(14-29-24)17-10-9-15-5-1-2-6-16(15)11-17/h1-2,5-6,9-11,13-14,27H,3-4,7-8H2/b23-19-. The molecule has 2 aromatic heterocycles. The molecule has 5 heteroatoms. The fourth-order valence-electron chi connectivity index (χ4n) is 3.90. The first kappa shape index (κ1) is 18.1. The summed E-state index contributed by atoms with van der Waals surface area (Å²) < 4.78 is 0. The number of fused-ring (bicyclic) bond motifs is 2. The van der Waals surface area contributed by atoms with Gasteiger partial charge in [-0.15, -0.1) is 22.7 Å². The highest BCUT2D eigenvalue weighted by Gasteiger charge is 2.22. The van der Waals surface area contributed by atoms with Crippen LogP contribution in [0.15, 0.2) is 53.2 Å². The Hall–Kier alpha value is -2.94. The summed E-state index contributed by atoms with van der Waals surface area (Å²) in [4.78, 5) is 6.02. The molecule has 0 bridgehead atoms. The molecule has 1 aliphatic carbocycles. The van der Waals surface area contributed by atoms with Gasteiger partial charge < -0.3 is 5.11 Å². The molecule has 0 amide bonds. The Morgan fingerprint density at radius 3 is 2.69 bits per heavy atom. The molecule has 1 N–H and O–H groups in total. The van der Waals surface area contributed by atoms with Crippen molar-refractivity contribution >= 4 is 44.8 Å². The third kappa shape index (κ3) is 3.25. The lowest BCUT2D eigenvalue weighted by molar-refractivity contribution is 0.512. The van der Waals surface area contributed by atoms with Crippen LogP contribution in [-0.2, 0) is 12.8 Å². The number of benzene rings is 2. The van der Waals surface area contributed by atoms with Crippen LogP contribution in [0.5, 0.6) is 0 Å². The van der Waals surface area contributed by atoms with Crippen LogP contribution in [-0.4, -0.2) is 10.1 Å². The van der Waals surface area contributed by atoms with Crippen molar-refractivity contribution in [2.24, 2.45) is 0 Å². The molecule has 29 heavy (non-hydrogen) atoms. The van der Waals surface area contributed by atoms with E-state index in [2.05, 4.69) is 35.3 Å². The average Bonchev–Trinajstić information content (AvgIpc) is 3.41. The molecule has 0 radical (unpaired) electrons. The number of allylic oxidation sites excluding steroid dienone is 1. The van der Waals surface area contributed by atoms with Crippen molar-refractivity contribution in [2.45, 2.75) is 25.7 Å². The highest BCUT2D eigenvalue weighted by atomic mass is 32.1. The second kappa shape index (κ2) is 7.47. The first-order chi connectivity index (χ1) is 14.2. The van der Waals surface area contributed by atoms with Gasteiger partial charge in [0.05, 0.1) is 5.69 Å². The van der Waals surface area contributed by atoms with Crippen LogP contribution in [0.4, 0.5) is 0 Å². The summed E-state index contributed by atoms with van der Waals surface area (Å²) in [5.41, 5.74) is 4.11. The molecule has 5 rings (SSSR count). The molecule has 0 fully saturated rings. The molecule has 0 unspecified atom stereocenters. The van der Waals surface area contributed by atoms with Gasteiger partial charge in [0.1, 0.15) is 22.4 Å². The summed E-state index contributed by atoms with van der Waals surface area (Å²) in [6.07, 6.45) is 4.37. The molecule has 0 saturated carbocycles. The van der Waals surface area contributed by atoms with Crippen LogP contribution >= 0.6 is 22.7 Å². The maximum absolute atomic E-state index is 10.9. The summed E-state index contributed by atoms with van der Waals surface area (Å²) in [6, 6.07) is 16.6. The Morgan fingerprint density at radius 1 is 1.00 bits per heavy atom. The van der Waals surface area contributed by atoms with E-state index in [1.807, 2.05) is 29.0 Å². The van der Waals surface area contributed by atoms with Crippen molar-refractivity contribution in [1.82, 2.24) is 4.98 Å². The van der Waals surface area contributed by atoms with Gasteiger partial charge in [-0.1, -0.05) is 36.4 Å². The zero-order valence-electron chi connectivity index (χ0n) is 15.7. The molecule has 2 aromatic carbocycles. The minimum Gasteiger partial charge on any atom is -0.506 e. The molecule has 2 heterocycles. The minimum atomic E-state index is 0.0614. The van der Waals surface area contributed by atoms with E-state index in [0.717, 1.165) is 41.5 Å². The average molecular weight is 415 g/mol. The van der Waals surface area contributed by atoms with E-state index in [4.69, 9.17) is 0 Å². The third-order valence-corrected chi connectivity index (χ3v) is 7.38. The monoisotopic (exact) mass is 414 g/mol. The maximum Gasteiger partial charge on any atom is 0.144 e. The molecule has 0 saturated heterocycles. The van der Waals surface area contributed by atoms with Crippen LogP contribution in [0.2, 0.25) is 0 Å². The normalized spacial score (nSPS) is 14.3. The Bertz CT molecular complexity index is 1290. The van der Waals surface area contributed by atoms with Crippen molar-refractivity contribution in [2.75, 3.05) is 0 Å². The van der Waals surface area contributed by atoms with Crippen LogP contribution in [0.1, 0.15) is 33.9 Å². The molecule has 3 nitrogen and oxygen atoms in total. The predicted molar refractivity (Wildman–Crippen MR) is 121 cm³/mol. The second-order valence-electron chi connectivity index (χ2n) is 7.19. The second-order valence-corrected chi connectivity index (χ2v) is 9.02. The van der Waals surface area contributed by atoms with E-state index in [9.17, 15) is 10.4 Å². The lowest BCUT2D eigenvalue weighted by Crippen LogP contribution is -2.01. The molecule has 0 spiro atoms. The molecule has 1 aliphatic rings. The van der Waals surface area contributed by atoms with Gasteiger partial charge in [0.2, 0.25) is 0 Å². The molecular weight excluding hydrogens is 396 g/mol. The maximum atomic E-state index is 10.9. The van der Waals surface area contributed by atoms with E-state index in [0.29, 0.717) is 5.01 Å². The van der Waals surface area contributed by atoms with Crippen LogP contribution in [0.25, 0.3) is 33.4 Å². The topological polar surface area (TPSA) is 56.9 Å². The van der Waals surface area contributed by atoms with Gasteiger partial charge in [0, 0.05) is 26.8 Å². The fraction of sp³-hybridized carbons (Fsp3) is 0.167. The quantitative estimate of drug-likeness (QED) is 0.294. The SMILES string of the molecule is N#C/C(=C(/O)c1csc2c1CCCC2)c1nc(-c2ccc3ccccc3c2)cs1. The van der Waals surface area contributed by atoms with E-state index < -0.39 is 0 Å². The van der Waals surface area contributed by atoms with E-state index in [1.54, 1.807) is 11.3 Å². The minimum absolute atomic E-state index is 0.0614. The number of aromatic nitrogens is 1. The van der Waals surface area contributed by atoms with Gasteiger partial charge in [0.15, 0.2) is 0 Å². The Labute approximate surface area is 177 Å². The number of nitrogens with zero attached hydrogens (tertiary/aromatic N) is 2. The number of nitriles is 1. The van der Waals surface area contributed by atoms with Gasteiger partial charge in [-0.05, 0) is 48.1 Å². The van der Waals surface area contributed by atoms with Crippen molar-refractivity contribution in [1.29, 1.82) is 5.26 Å². The zero-order valence-corrected chi connectivity index (χ0v) is 17.3. The summed E-state index contributed by atoms with van der Waals surface area (Å²) in [5, 5.41) is 27.5. The van der Waals surface area contributed by atoms with Crippen LogP contribution in [0.3, 0.4) is 0 Å². The number of hydrogen-bond donors (Lipinski definition) is 1. The Balaban J connectivity index is 1.55. The number of thiophene rings is 1. The number of thiazole rings is 1. The van der Waals surface area contributed by atoms with Gasteiger partial charge >= 0.3 is 0 Å². The highest BCUT2D eigenvalue weighted by Crippen LogP contribution is 2.37. The molecule has 142 valence electrons. The van der Waals surface area contributed by atoms with Gasteiger partial charge in [-0.3, -0.25) is 0 Å². The van der Waals surface area contributed by atoms with E-state index in [1.165, 1.54) is 33.6 Å². The van der Waals surface area contributed by atoms with Gasteiger partial charge in [-0.2, -0.15) is 5.26 Å². The summed E-state index contributed by atoms with van der Waals surface area (Å²) in [5.74, 6) is 0.0614. The highest BCUT2D eigenvalue weighted by molar-refractivity contribution is 7.11. The van der Waals surface area contributed by atoms with Crippen molar-refractivity contribution in [3.05, 3.63) is 74.2 Å². The number of aliphatic hydroxyl groups is 1. The van der Waals surface area contributed by atoms with Crippen molar-refractivity contribution in [3.63, 3.8) is 0 Å². The number of hydrogen-bond acceptors (Lipinski definition) is 5. The van der Waals surface area contributed by atoms with Crippen LogP contribution < -0.4 is 0 Å². The number of rotatable bonds is 3. The Morgan fingerprint density at radius 2 is 1.83 bits per heavy atom. The third-order valence-electron chi connectivity index (χ3n) is 5.43. The predicted octanol–water partition coefficient (Wildman–Crippen LogP) is 6.85. The number of aryl methyl sites for hydroxylation is 1. The summed E-state index contributed by atoms with van der Waals surface area (Å²) >= 11 is 3.08. The molecular formula is C24H18N2OS2. The van der Waals surface area contributed by atoms with Crippen molar-refractivity contribution < 1.29 is 5.11 Å².